The van der Waals surface area contributed by atoms with Crippen LogP contribution in [0, 0.1) is 0 Å². The summed E-state index contributed by atoms with van der Waals surface area (Å²) in [5.41, 5.74) is 14.6. The predicted octanol–water partition coefficient (Wildman–Crippen LogP) is 15.4. The van der Waals surface area contributed by atoms with E-state index in [1.54, 1.807) is 0 Å². The van der Waals surface area contributed by atoms with Crippen LogP contribution in [0.15, 0.2) is 215 Å². The van der Waals surface area contributed by atoms with Gasteiger partial charge in [-0.15, -0.1) is 0 Å². The maximum Gasteiger partial charge on any atom is 0.159 e. The predicted molar refractivity (Wildman–Crippen MR) is 241 cm³/mol. The molecule has 0 unspecified atom stereocenters. The molecule has 0 aliphatic carbocycles. The normalized spacial score (nSPS) is 11.8. The van der Waals surface area contributed by atoms with Crippen molar-refractivity contribution in [3.8, 4) is 27.9 Å². The van der Waals surface area contributed by atoms with Crippen molar-refractivity contribution in [2.45, 2.75) is 0 Å². The van der Waals surface area contributed by atoms with Crippen LogP contribution in [0.3, 0.4) is 0 Å². The van der Waals surface area contributed by atoms with E-state index in [2.05, 4.69) is 191 Å². The maximum atomic E-state index is 6.71. The van der Waals surface area contributed by atoms with E-state index in [9.17, 15) is 0 Å². The summed E-state index contributed by atoms with van der Waals surface area (Å²) in [7, 11) is 0. The van der Waals surface area contributed by atoms with Gasteiger partial charge in [-0.05, 0) is 101 Å². The molecular weight excluding hydrogens is 709 g/mol. The number of benzene rings is 9. The van der Waals surface area contributed by atoms with Crippen molar-refractivity contribution in [1.82, 2.24) is 4.57 Å². The molecule has 272 valence electrons. The van der Waals surface area contributed by atoms with Crippen LogP contribution in [0.5, 0.6) is 0 Å². The van der Waals surface area contributed by atoms with Gasteiger partial charge in [0, 0.05) is 49.4 Å². The molecule has 0 spiro atoms. The van der Waals surface area contributed by atoms with Gasteiger partial charge in [0.2, 0.25) is 0 Å². The molecule has 0 saturated carbocycles. The van der Waals surface area contributed by atoms with E-state index >= 15 is 0 Å². The molecule has 0 saturated heterocycles. The Hall–Kier alpha value is -7.82. The lowest BCUT2D eigenvalue weighted by Crippen LogP contribution is -2.10. The summed E-state index contributed by atoms with van der Waals surface area (Å²) in [6, 6.07) is 73.3. The Bertz CT molecular complexity index is 3530. The monoisotopic (exact) mass is 742 g/mol. The molecule has 0 bridgehead atoms. The van der Waals surface area contributed by atoms with E-state index in [0.717, 1.165) is 94.4 Å². The standard InChI is InChI=1S/C54H34N2O2/c1-2-16-39(17-3-1)56-48-23-7-4-19-42(48)43-29-28-41(34-50(43)56)55(49-24-12-22-46-44-20-5-9-26-52(44)58-54(46)49)40-18-11-15-37(32-40)35-13-10-14-36(31-35)38-27-30-53-47(33-38)45-21-6-8-25-51(45)57-53/h1-34H. The highest BCUT2D eigenvalue weighted by molar-refractivity contribution is 6.13. The van der Waals surface area contributed by atoms with E-state index in [0.29, 0.717) is 0 Å². The molecule has 3 heterocycles. The molecular formula is C54H34N2O2. The summed E-state index contributed by atoms with van der Waals surface area (Å²) in [5, 5.41) is 6.87. The van der Waals surface area contributed by atoms with Gasteiger partial charge in [-0.25, -0.2) is 0 Å². The van der Waals surface area contributed by atoms with Crippen LogP contribution in [-0.4, -0.2) is 4.57 Å². The van der Waals surface area contributed by atoms with Crippen molar-refractivity contribution < 1.29 is 8.83 Å². The molecule has 0 N–H and O–H groups in total. The lowest BCUT2D eigenvalue weighted by Gasteiger charge is -2.26. The highest BCUT2D eigenvalue weighted by Gasteiger charge is 2.22. The van der Waals surface area contributed by atoms with Crippen LogP contribution in [0.2, 0.25) is 0 Å². The van der Waals surface area contributed by atoms with Gasteiger partial charge in [0.15, 0.2) is 5.58 Å². The minimum absolute atomic E-state index is 0.849. The van der Waals surface area contributed by atoms with Gasteiger partial charge in [-0.2, -0.15) is 0 Å². The molecule has 12 aromatic rings. The Morgan fingerprint density at radius 3 is 1.74 bits per heavy atom. The zero-order chi connectivity index (χ0) is 38.2. The van der Waals surface area contributed by atoms with E-state index < -0.39 is 0 Å². The van der Waals surface area contributed by atoms with Crippen molar-refractivity contribution in [2.75, 3.05) is 4.90 Å². The number of nitrogens with zero attached hydrogens (tertiary/aromatic N) is 2. The first kappa shape index (κ1) is 32.4. The van der Waals surface area contributed by atoms with Crippen LogP contribution in [0.1, 0.15) is 0 Å². The van der Waals surface area contributed by atoms with Gasteiger partial charge >= 0.3 is 0 Å². The summed E-state index contributed by atoms with van der Waals surface area (Å²) < 4.78 is 15.2. The van der Waals surface area contributed by atoms with E-state index in [1.165, 1.54) is 16.3 Å². The summed E-state index contributed by atoms with van der Waals surface area (Å²) in [5.74, 6) is 0. The number of rotatable bonds is 6. The van der Waals surface area contributed by atoms with E-state index in [4.69, 9.17) is 8.83 Å². The summed E-state index contributed by atoms with van der Waals surface area (Å²) in [6.45, 7) is 0. The Labute approximate surface area is 334 Å². The molecule has 0 aliphatic rings. The molecule has 0 aliphatic heterocycles. The Morgan fingerprint density at radius 1 is 0.328 bits per heavy atom. The minimum Gasteiger partial charge on any atom is -0.456 e. The lowest BCUT2D eigenvalue weighted by atomic mass is 9.97. The third kappa shape index (κ3) is 5.09. The third-order valence-electron chi connectivity index (χ3n) is 11.6. The van der Waals surface area contributed by atoms with Crippen LogP contribution in [0.25, 0.3) is 93.6 Å². The first-order valence-corrected chi connectivity index (χ1v) is 19.7. The van der Waals surface area contributed by atoms with Gasteiger partial charge in [0.1, 0.15) is 16.7 Å². The van der Waals surface area contributed by atoms with Gasteiger partial charge in [-0.3, -0.25) is 0 Å². The molecule has 0 atom stereocenters. The van der Waals surface area contributed by atoms with Gasteiger partial charge < -0.3 is 18.3 Å². The fraction of sp³-hybridized carbons (Fsp3) is 0. The Balaban J connectivity index is 1.05. The first-order valence-electron chi connectivity index (χ1n) is 19.7. The fourth-order valence-corrected chi connectivity index (χ4v) is 8.90. The third-order valence-corrected chi connectivity index (χ3v) is 11.6. The van der Waals surface area contributed by atoms with Gasteiger partial charge in [0.05, 0.1) is 16.7 Å². The number of hydrogen-bond acceptors (Lipinski definition) is 3. The topological polar surface area (TPSA) is 34.5 Å². The van der Waals surface area contributed by atoms with E-state index in [1.807, 2.05) is 24.3 Å². The molecule has 58 heavy (non-hydrogen) atoms. The zero-order valence-electron chi connectivity index (χ0n) is 31.3. The number of aromatic nitrogens is 1. The van der Waals surface area contributed by atoms with Crippen molar-refractivity contribution in [2.24, 2.45) is 0 Å². The molecule has 3 aromatic heterocycles. The van der Waals surface area contributed by atoms with Crippen LogP contribution in [0.4, 0.5) is 17.1 Å². The molecule has 4 heteroatoms. The van der Waals surface area contributed by atoms with Crippen molar-refractivity contribution in [3.05, 3.63) is 206 Å². The number of hydrogen-bond donors (Lipinski definition) is 0. The lowest BCUT2D eigenvalue weighted by molar-refractivity contribution is 0.668. The second kappa shape index (κ2) is 12.9. The zero-order valence-corrected chi connectivity index (χ0v) is 31.3. The second-order valence-corrected chi connectivity index (χ2v) is 14.9. The van der Waals surface area contributed by atoms with E-state index in [-0.39, 0.29) is 0 Å². The van der Waals surface area contributed by atoms with Gasteiger partial charge in [0.25, 0.3) is 0 Å². The largest absolute Gasteiger partial charge is 0.456 e. The molecule has 12 rings (SSSR count). The average molecular weight is 743 g/mol. The average Bonchev–Trinajstić information content (AvgIpc) is 3.96. The van der Waals surface area contributed by atoms with Gasteiger partial charge in [-0.1, -0.05) is 127 Å². The second-order valence-electron chi connectivity index (χ2n) is 14.9. The number of fused-ring (bicyclic) bond motifs is 9. The molecule has 9 aromatic carbocycles. The summed E-state index contributed by atoms with van der Waals surface area (Å²) in [6.07, 6.45) is 0. The SMILES string of the molecule is c1ccc(-n2c3ccccc3c3ccc(N(c4cccc(-c5cccc(-c6ccc7oc8ccccc8c7c6)c5)c4)c4cccc5c4oc4ccccc45)cc32)cc1. The highest BCUT2D eigenvalue weighted by Crippen LogP contribution is 2.45. The van der Waals surface area contributed by atoms with Crippen LogP contribution >= 0.6 is 0 Å². The molecule has 0 amide bonds. The number of anilines is 3. The minimum atomic E-state index is 0.849. The Morgan fingerprint density at radius 2 is 0.914 bits per heavy atom. The summed E-state index contributed by atoms with van der Waals surface area (Å²) >= 11 is 0. The molecule has 0 fully saturated rings. The first-order chi connectivity index (χ1) is 28.7. The fourth-order valence-electron chi connectivity index (χ4n) is 8.90. The smallest absolute Gasteiger partial charge is 0.159 e. The van der Waals surface area contributed by atoms with Crippen LogP contribution in [-0.2, 0) is 0 Å². The molecule has 0 radical (unpaired) electrons. The number of para-hydroxylation sites is 5. The molecule has 4 nitrogen and oxygen atoms in total. The van der Waals surface area contributed by atoms with Crippen molar-refractivity contribution in [1.29, 1.82) is 0 Å². The van der Waals surface area contributed by atoms with Crippen molar-refractivity contribution in [3.63, 3.8) is 0 Å². The maximum absolute atomic E-state index is 6.71. The summed E-state index contributed by atoms with van der Waals surface area (Å²) in [4.78, 5) is 2.35. The quantitative estimate of drug-likeness (QED) is 0.170. The highest BCUT2D eigenvalue weighted by atomic mass is 16.3. The van der Waals surface area contributed by atoms with Crippen LogP contribution < -0.4 is 4.90 Å². The van der Waals surface area contributed by atoms with Crippen molar-refractivity contribution >= 4 is 82.7 Å². The number of furan rings is 2. The Kier molecular flexibility index (Phi) is 7.20.